The van der Waals surface area contributed by atoms with E-state index in [0.717, 1.165) is 45.8 Å². The van der Waals surface area contributed by atoms with Gasteiger partial charge in [0.1, 0.15) is 22.5 Å². The highest BCUT2D eigenvalue weighted by atomic mass is 79.9. The van der Waals surface area contributed by atoms with Crippen molar-refractivity contribution in [2.75, 3.05) is 0 Å². The number of benzene rings is 1. The molecule has 0 aliphatic carbocycles. The van der Waals surface area contributed by atoms with Gasteiger partial charge in [-0.05, 0) is 63.5 Å². The Hall–Kier alpha value is -3.30. The van der Waals surface area contributed by atoms with Gasteiger partial charge in [0.2, 0.25) is 5.82 Å². The van der Waals surface area contributed by atoms with Crippen molar-refractivity contribution in [3.8, 4) is 23.0 Å². The lowest BCUT2D eigenvalue weighted by Crippen LogP contribution is -2.01. The Morgan fingerprint density at radius 2 is 2.00 bits per heavy atom. The van der Waals surface area contributed by atoms with E-state index in [9.17, 15) is 0 Å². The number of nitrogens with one attached hydrogen (secondary N) is 1. The second-order valence-corrected chi connectivity index (χ2v) is 8.19. The Morgan fingerprint density at radius 1 is 1.16 bits per heavy atom. The molecule has 0 aliphatic heterocycles. The van der Waals surface area contributed by atoms with Gasteiger partial charge < -0.3 is 4.74 Å². The smallest absolute Gasteiger partial charge is 0.221 e. The molecule has 0 aliphatic rings. The van der Waals surface area contributed by atoms with Gasteiger partial charge in [0.05, 0.1) is 16.2 Å². The molecular weight excluding hydrogens is 494 g/mol. The molecule has 8 nitrogen and oxygen atoms in total. The van der Waals surface area contributed by atoms with Crippen LogP contribution in [0.3, 0.4) is 0 Å². The summed E-state index contributed by atoms with van der Waals surface area (Å²) in [5, 5.41) is 14.8. The van der Waals surface area contributed by atoms with Crippen molar-refractivity contribution in [3.63, 3.8) is 0 Å². The molecule has 4 heterocycles. The monoisotopic (exact) mass is 509 g/mol. The van der Waals surface area contributed by atoms with E-state index in [1.54, 1.807) is 12.3 Å². The Labute approximate surface area is 196 Å². The minimum atomic E-state index is 0.407. The average Bonchev–Trinajstić information content (AvgIpc) is 3.46. The Morgan fingerprint density at radius 3 is 2.75 bits per heavy atom. The van der Waals surface area contributed by atoms with E-state index < -0.39 is 0 Å². The second-order valence-electron chi connectivity index (χ2n) is 7.03. The molecule has 0 bridgehead atoms. The Bertz CT molecular complexity index is 1380. The highest BCUT2D eigenvalue weighted by molar-refractivity contribution is 9.10. The standard InChI is InChI=1S/C22H17BrClN7O/c1-2-14-10-19(20-17(26-14)4-3-9-25-20)32-12-13-5-7-15(8-6-13)31-18(11-16(24)21(31)23)22-27-29-30-28-22/h3-11H,2,12H2,1H3,(H,27,28,29,30). The van der Waals surface area contributed by atoms with Gasteiger partial charge in [0.25, 0.3) is 0 Å². The van der Waals surface area contributed by atoms with E-state index in [4.69, 9.17) is 16.3 Å². The van der Waals surface area contributed by atoms with Gasteiger partial charge in [-0.15, -0.1) is 10.2 Å². The lowest BCUT2D eigenvalue weighted by molar-refractivity contribution is 0.309. The van der Waals surface area contributed by atoms with Crippen LogP contribution in [0.1, 0.15) is 18.2 Å². The topological polar surface area (TPSA) is 94.4 Å². The Balaban J connectivity index is 1.41. The zero-order valence-electron chi connectivity index (χ0n) is 17.0. The minimum Gasteiger partial charge on any atom is -0.486 e. The third-order valence-electron chi connectivity index (χ3n) is 5.00. The number of aryl methyl sites for hydroxylation is 1. The maximum Gasteiger partial charge on any atom is 0.221 e. The van der Waals surface area contributed by atoms with Crippen LogP contribution in [-0.4, -0.2) is 35.2 Å². The molecule has 0 saturated carbocycles. The number of aromatic amines is 1. The molecule has 0 unspecified atom stereocenters. The molecule has 5 rings (SSSR count). The number of rotatable bonds is 6. The summed E-state index contributed by atoms with van der Waals surface area (Å²) in [6, 6.07) is 15.6. The third-order valence-corrected chi connectivity index (χ3v) is 6.30. The van der Waals surface area contributed by atoms with Crippen LogP contribution in [0, 0.1) is 0 Å². The number of fused-ring (bicyclic) bond motifs is 1. The lowest BCUT2D eigenvalue weighted by Gasteiger charge is -2.12. The van der Waals surface area contributed by atoms with E-state index in [2.05, 4.69) is 53.4 Å². The van der Waals surface area contributed by atoms with Gasteiger partial charge in [-0.1, -0.05) is 30.7 Å². The number of halogens is 2. The first-order chi connectivity index (χ1) is 15.6. The van der Waals surface area contributed by atoms with Crippen LogP contribution in [0.25, 0.3) is 28.2 Å². The molecule has 5 aromatic rings. The van der Waals surface area contributed by atoms with Gasteiger partial charge in [0, 0.05) is 23.6 Å². The highest BCUT2D eigenvalue weighted by Crippen LogP contribution is 2.34. The largest absolute Gasteiger partial charge is 0.486 e. The summed E-state index contributed by atoms with van der Waals surface area (Å²) in [4.78, 5) is 9.06. The molecule has 1 aromatic carbocycles. The van der Waals surface area contributed by atoms with Gasteiger partial charge >= 0.3 is 0 Å². The van der Waals surface area contributed by atoms with E-state index in [1.807, 2.05) is 47.0 Å². The fourth-order valence-electron chi connectivity index (χ4n) is 3.42. The van der Waals surface area contributed by atoms with Crippen LogP contribution in [0.15, 0.2) is 59.3 Å². The van der Waals surface area contributed by atoms with Crippen LogP contribution in [0.4, 0.5) is 0 Å². The SMILES string of the molecule is CCc1cc(OCc2ccc(-n3c(-c4nn[nH]n4)cc(Cl)c3Br)cc2)c2ncccc2n1. The number of H-pyrrole nitrogens is 1. The molecule has 1 N–H and O–H groups in total. The van der Waals surface area contributed by atoms with Gasteiger partial charge in [-0.2, -0.15) is 5.21 Å². The molecule has 0 amide bonds. The maximum absolute atomic E-state index is 6.34. The fourth-order valence-corrected chi connectivity index (χ4v) is 4.12. The van der Waals surface area contributed by atoms with Gasteiger partial charge in [0.15, 0.2) is 0 Å². The Kier molecular flexibility index (Phi) is 5.59. The third kappa shape index (κ3) is 3.85. The number of ether oxygens (including phenoxy) is 1. The van der Waals surface area contributed by atoms with Crippen molar-refractivity contribution in [1.29, 1.82) is 0 Å². The number of tetrazole rings is 1. The van der Waals surface area contributed by atoms with Crippen molar-refractivity contribution in [1.82, 2.24) is 35.2 Å². The molecule has 0 atom stereocenters. The van der Waals surface area contributed by atoms with Gasteiger partial charge in [-0.25, -0.2) is 0 Å². The molecule has 0 radical (unpaired) electrons. The quantitative estimate of drug-likeness (QED) is 0.339. The number of nitrogens with zero attached hydrogens (tertiary/aromatic N) is 6. The highest BCUT2D eigenvalue weighted by Gasteiger charge is 2.18. The molecule has 0 spiro atoms. The summed E-state index contributed by atoms with van der Waals surface area (Å²) < 4.78 is 8.77. The number of hydrogen-bond donors (Lipinski definition) is 1. The average molecular weight is 511 g/mol. The summed E-state index contributed by atoms with van der Waals surface area (Å²) in [5.41, 5.74) is 5.21. The summed E-state index contributed by atoms with van der Waals surface area (Å²) in [6.45, 7) is 2.48. The minimum absolute atomic E-state index is 0.407. The van der Waals surface area contributed by atoms with Crippen LogP contribution in [-0.2, 0) is 13.0 Å². The normalized spacial score (nSPS) is 11.2. The van der Waals surface area contributed by atoms with Crippen molar-refractivity contribution in [2.24, 2.45) is 0 Å². The first-order valence-corrected chi connectivity index (χ1v) is 11.1. The zero-order chi connectivity index (χ0) is 22.1. The molecular formula is C22H17BrClN7O. The van der Waals surface area contributed by atoms with Crippen LogP contribution < -0.4 is 4.74 Å². The predicted molar refractivity (Wildman–Crippen MR) is 125 cm³/mol. The molecule has 4 aromatic heterocycles. The maximum atomic E-state index is 6.34. The summed E-state index contributed by atoms with van der Waals surface area (Å²) in [5.74, 6) is 1.18. The van der Waals surface area contributed by atoms with Crippen LogP contribution >= 0.6 is 27.5 Å². The van der Waals surface area contributed by atoms with E-state index in [0.29, 0.717) is 22.1 Å². The number of hydrogen-bond acceptors (Lipinski definition) is 6. The molecule has 160 valence electrons. The molecule has 0 fully saturated rings. The predicted octanol–water partition coefficient (Wildman–Crippen LogP) is 5.16. The second kappa shape index (κ2) is 8.68. The van der Waals surface area contributed by atoms with Crippen LogP contribution in [0.5, 0.6) is 5.75 Å². The molecule has 32 heavy (non-hydrogen) atoms. The fraction of sp³-hybridized carbons (Fsp3) is 0.136. The van der Waals surface area contributed by atoms with Crippen molar-refractivity contribution in [3.05, 3.63) is 75.6 Å². The van der Waals surface area contributed by atoms with E-state index in [-0.39, 0.29) is 0 Å². The van der Waals surface area contributed by atoms with Crippen molar-refractivity contribution >= 4 is 38.6 Å². The number of pyridine rings is 2. The van der Waals surface area contributed by atoms with Gasteiger partial charge in [-0.3, -0.25) is 14.5 Å². The summed E-state index contributed by atoms with van der Waals surface area (Å²) in [6.07, 6.45) is 2.57. The zero-order valence-corrected chi connectivity index (χ0v) is 19.3. The summed E-state index contributed by atoms with van der Waals surface area (Å²) in [7, 11) is 0. The van der Waals surface area contributed by atoms with Crippen molar-refractivity contribution in [2.45, 2.75) is 20.0 Å². The summed E-state index contributed by atoms with van der Waals surface area (Å²) >= 11 is 9.88. The van der Waals surface area contributed by atoms with Crippen molar-refractivity contribution < 1.29 is 4.74 Å². The molecule has 0 saturated heterocycles. The number of aromatic nitrogens is 7. The lowest BCUT2D eigenvalue weighted by atomic mass is 10.2. The van der Waals surface area contributed by atoms with E-state index in [1.165, 1.54) is 0 Å². The first kappa shape index (κ1) is 20.6. The van der Waals surface area contributed by atoms with Crippen LogP contribution in [0.2, 0.25) is 5.02 Å². The first-order valence-electron chi connectivity index (χ1n) is 9.91. The molecule has 10 heteroatoms. The van der Waals surface area contributed by atoms with E-state index >= 15 is 0 Å².